The van der Waals surface area contributed by atoms with Crippen LogP contribution in [0.4, 0.5) is 24.5 Å². The number of thioether (sulfide) groups is 1. The molecule has 0 radical (unpaired) electrons. The average molecular weight is 967 g/mol. The van der Waals surface area contributed by atoms with Crippen LogP contribution in [0.15, 0.2) is 136 Å². The molecule has 5 aromatic rings. The van der Waals surface area contributed by atoms with Crippen LogP contribution >= 0.6 is 23.4 Å². The van der Waals surface area contributed by atoms with Gasteiger partial charge in [-0.05, 0) is 109 Å². The molecule has 2 aliphatic heterocycles. The number of piperidine rings is 1. The lowest BCUT2D eigenvalue weighted by atomic mass is 9.78. The van der Waals surface area contributed by atoms with Crippen LogP contribution in [0.25, 0.3) is 11.1 Å². The fourth-order valence-corrected chi connectivity index (χ4v) is 11.2. The van der Waals surface area contributed by atoms with Crippen molar-refractivity contribution in [3.05, 3.63) is 137 Å². The summed E-state index contributed by atoms with van der Waals surface area (Å²) in [5.41, 5.74) is -2.55. The smallest absolute Gasteiger partial charge is 0.380 e. The lowest BCUT2D eigenvalue weighted by Crippen LogP contribution is -2.39. The minimum absolute atomic E-state index is 0.0454. The molecule has 0 spiro atoms. The summed E-state index contributed by atoms with van der Waals surface area (Å²) < 4.78 is 103. The van der Waals surface area contributed by atoms with E-state index in [0.29, 0.717) is 69.2 Å². The number of nitriles is 1. The van der Waals surface area contributed by atoms with E-state index in [9.17, 15) is 40.1 Å². The van der Waals surface area contributed by atoms with Gasteiger partial charge in [-0.1, -0.05) is 66.2 Å². The third-order valence-corrected chi connectivity index (χ3v) is 15.9. The zero-order valence-corrected chi connectivity index (χ0v) is 38.3. The molecule has 5 aromatic carbocycles. The number of anilines is 2. The molecule has 0 bridgehead atoms. The highest BCUT2D eigenvalue weighted by molar-refractivity contribution is 7.99. The summed E-state index contributed by atoms with van der Waals surface area (Å²) in [4.78, 5) is 16.4. The largest absolute Gasteiger partial charge is 0.501 e. The highest BCUT2D eigenvalue weighted by Gasteiger charge is 2.48. The molecule has 7 rings (SSSR count). The Labute approximate surface area is 386 Å². The number of carbonyl (C=O) groups is 1. The average Bonchev–Trinajstić information content (AvgIpc) is 3.31. The van der Waals surface area contributed by atoms with E-state index in [1.54, 1.807) is 12.1 Å². The summed E-state index contributed by atoms with van der Waals surface area (Å²) >= 11 is 7.56. The normalized spacial score (nSPS) is 16.3. The van der Waals surface area contributed by atoms with Crippen molar-refractivity contribution >= 4 is 60.5 Å². The highest BCUT2D eigenvalue weighted by Crippen LogP contribution is 2.40. The Balaban J connectivity index is 1.03. The summed E-state index contributed by atoms with van der Waals surface area (Å²) in [7, 11) is -10.9. The lowest BCUT2D eigenvalue weighted by molar-refractivity contribution is -0.0435. The molecule has 0 aliphatic carbocycles. The van der Waals surface area contributed by atoms with E-state index in [2.05, 4.69) is 21.2 Å². The van der Waals surface area contributed by atoms with E-state index in [-0.39, 0.29) is 17.4 Å². The second-order valence-corrected chi connectivity index (χ2v) is 20.9. The first-order chi connectivity index (χ1) is 31.1. The van der Waals surface area contributed by atoms with Crippen molar-refractivity contribution in [2.45, 2.75) is 51.4 Å². The maximum atomic E-state index is 14.2. The number of rotatable bonds is 16. The molecule has 2 heterocycles. The van der Waals surface area contributed by atoms with Crippen molar-refractivity contribution in [1.82, 2.24) is 9.62 Å². The Hall–Kier alpha value is -5.09. The maximum absolute atomic E-state index is 14.2. The molecule has 0 aromatic heterocycles. The number of hydrogen-bond acceptors (Lipinski definition) is 11. The first-order valence-corrected chi connectivity index (χ1v) is 25.3. The summed E-state index contributed by atoms with van der Waals surface area (Å²) in [5.74, 6) is -0.970. The van der Waals surface area contributed by atoms with Crippen LogP contribution in [0.5, 0.6) is 0 Å². The third kappa shape index (κ3) is 11.8. The van der Waals surface area contributed by atoms with Crippen LogP contribution in [-0.2, 0) is 24.6 Å². The predicted octanol–water partition coefficient (Wildman–Crippen LogP) is 9.24. The predicted molar refractivity (Wildman–Crippen MR) is 247 cm³/mol. The van der Waals surface area contributed by atoms with Crippen LogP contribution in [0.3, 0.4) is 0 Å². The number of morpholine rings is 1. The number of halogens is 4. The van der Waals surface area contributed by atoms with Crippen molar-refractivity contribution < 1.29 is 39.5 Å². The standard InChI is InChI=1S/C47H47ClF3N5O6S3/c48-36-14-10-33(11-15-36)41-8-4-5-9-42(41)43(31-52)34-20-24-56(25-21-34)38-16-12-35(13-17-38)46(57)54-65(60,61)40-18-19-44(45(30-40)64(58,59)47(49,50)51)53-37(22-23-55-26-28-62-29-27-55)32-63-39-6-2-1-3-7-39/h1-19,30,34,37,43,53H,20-29,32H2,(H,54,57)/t37?,43-/m0/s1. The van der Waals surface area contributed by atoms with Crippen LogP contribution in [0, 0.1) is 17.2 Å². The molecule has 342 valence electrons. The van der Waals surface area contributed by atoms with Crippen molar-refractivity contribution in [1.29, 1.82) is 5.26 Å². The molecule has 18 heteroatoms. The van der Waals surface area contributed by atoms with Crippen molar-refractivity contribution in [3.8, 4) is 17.2 Å². The van der Waals surface area contributed by atoms with Crippen LogP contribution in [-0.4, -0.2) is 90.9 Å². The van der Waals surface area contributed by atoms with Gasteiger partial charge in [0.05, 0.1) is 35.8 Å². The Morgan fingerprint density at radius 3 is 2.18 bits per heavy atom. The molecule has 0 saturated carbocycles. The van der Waals surface area contributed by atoms with E-state index in [1.807, 2.05) is 83.6 Å². The molecule has 1 amide bonds. The Morgan fingerprint density at radius 1 is 0.862 bits per heavy atom. The van der Waals surface area contributed by atoms with Gasteiger partial charge in [-0.25, -0.2) is 21.6 Å². The molecule has 2 atom stereocenters. The van der Waals surface area contributed by atoms with Crippen molar-refractivity contribution in [2.24, 2.45) is 5.92 Å². The van der Waals surface area contributed by atoms with Gasteiger partial charge in [0.2, 0.25) is 0 Å². The monoisotopic (exact) mass is 965 g/mol. The molecule has 1 unspecified atom stereocenters. The molecule has 2 aliphatic rings. The minimum atomic E-state index is -6.07. The zero-order chi connectivity index (χ0) is 46.2. The molecule has 2 fully saturated rings. The summed E-state index contributed by atoms with van der Waals surface area (Å²) in [6.07, 6.45) is 1.87. The number of nitrogens with one attached hydrogen (secondary N) is 2. The van der Waals surface area contributed by atoms with Gasteiger partial charge in [0, 0.05) is 65.7 Å². The van der Waals surface area contributed by atoms with Gasteiger partial charge in [-0.3, -0.25) is 9.69 Å². The Morgan fingerprint density at radius 2 is 1.52 bits per heavy atom. The van der Waals surface area contributed by atoms with Gasteiger partial charge in [-0.15, -0.1) is 11.8 Å². The Kier molecular flexibility index (Phi) is 15.5. The first kappa shape index (κ1) is 47.9. The number of hydrogen-bond donors (Lipinski definition) is 2. The minimum Gasteiger partial charge on any atom is -0.380 e. The van der Waals surface area contributed by atoms with E-state index in [0.717, 1.165) is 52.2 Å². The first-order valence-electron chi connectivity index (χ1n) is 21.0. The quantitative estimate of drug-likeness (QED) is 0.0912. The second kappa shape index (κ2) is 21.0. The number of carbonyl (C=O) groups excluding carboxylic acids is 1. The van der Waals surface area contributed by atoms with Gasteiger partial charge in [0.25, 0.3) is 25.8 Å². The van der Waals surface area contributed by atoms with Crippen LogP contribution in [0.1, 0.15) is 41.1 Å². The molecule has 65 heavy (non-hydrogen) atoms. The zero-order valence-electron chi connectivity index (χ0n) is 35.1. The molecule has 11 nitrogen and oxygen atoms in total. The number of sulfone groups is 1. The van der Waals surface area contributed by atoms with Gasteiger partial charge in [0.1, 0.15) is 4.90 Å². The second-order valence-electron chi connectivity index (χ2n) is 15.8. The van der Waals surface area contributed by atoms with Gasteiger partial charge in [-0.2, -0.15) is 18.4 Å². The number of alkyl halides is 3. The van der Waals surface area contributed by atoms with Crippen LogP contribution < -0.4 is 14.9 Å². The van der Waals surface area contributed by atoms with Crippen molar-refractivity contribution in [2.75, 3.05) is 61.9 Å². The Bertz CT molecular complexity index is 2690. The topological polar surface area (TPSA) is 149 Å². The number of sulfonamides is 1. The summed E-state index contributed by atoms with van der Waals surface area (Å²) in [6.45, 7) is 4.22. The molecular formula is C47H47ClF3N5O6S3. The van der Waals surface area contributed by atoms with E-state index in [4.69, 9.17) is 16.3 Å². The third-order valence-electron chi connectivity index (χ3n) is 11.6. The lowest BCUT2D eigenvalue weighted by Gasteiger charge is -2.36. The fraction of sp³-hybridized carbons (Fsp3) is 0.319. The van der Waals surface area contributed by atoms with Gasteiger partial charge >= 0.3 is 5.51 Å². The molecule has 2 saturated heterocycles. The van der Waals surface area contributed by atoms with E-state index >= 15 is 0 Å². The van der Waals surface area contributed by atoms with E-state index in [1.165, 1.54) is 23.9 Å². The molecular weight excluding hydrogens is 919 g/mol. The highest BCUT2D eigenvalue weighted by atomic mass is 35.5. The maximum Gasteiger partial charge on any atom is 0.501 e. The van der Waals surface area contributed by atoms with Gasteiger partial charge < -0.3 is 15.0 Å². The summed E-state index contributed by atoms with van der Waals surface area (Å²) in [5, 5.41) is 14.0. The number of amides is 1. The number of ether oxygens (including phenoxy) is 1. The summed E-state index contributed by atoms with van der Waals surface area (Å²) in [6, 6.07) is 35.3. The van der Waals surface area contributed by atoms with E-state index < -0.39 is 52.8 Å². The fourth-order valence-electron chi connectivity index (χ4n) is 8.07. The van der Waals surface area contributed by atoms with Crippen molar-refractivity contribution in [3.63, 3.8) is 0 Å². The molecule has 2 N–H and O–H groups in total. The number of nitrogens with zero attached hydrogens (tertiary/aromatic N) is 3. The van der Waals surface area contributed by atoms with Gasteiger partial charge in [0.15, 0.2) is 0 Å². The van der Waals surface area contributed by atoms with Crippen LogP contribution in [0.2, 0.25) is 5.02 Å². The number of benzene rings is 5. The SMILES string of the molecule is N#C[C@H](c1ccccc1-c1ccc(Cl)cc1)C1CCN(c2ccc(C(=O)NS(=O)(=O)c3ccc(NC(CCN4CCOCC4)CSc4ccccc4)c(S(=O)(=O)C(F)(F)F)c3)cc2)CC1.